The number of H-pyrrole nitrogens is 2. The van der Waals surface area contributed by atoms with Crippen molar-refractivity contribution in [3.63, 3.8) is 0 Å². The Labute approximate surface area is 176 Å². The summed E-state index contributed by atoms with van der Waals surface area (Å²) in [5.41, 5.74) is 4.77. The van der Waals surface area contributed by atoms with Gasteiger partial charge >= 0.3 is 5.69 Å². The molecular weight excluding hydrogens is 392 g/mol. The molecule has 8 heteroatoms. The molecule has 0 saturated heterocycles. The highest BCUT2D eigenvalue weighted by Crippen LogP contribution is 2.56. The molecule has 0 spiro atoms. The van der Waals surface area contributed by atoms with Crippen molar-refractivity contribution in [1.82, 2.24) is 24.6 Å². The molecule has 8 nitrogen and oxygen atoms in total. The van der Waals surface area contributed by atoms with Gasteiger partial charge in [-0.3, -0.25) is 9.78 Å². The second-order valence-corrected chi connectivity index (χ2v) is 8.35. The maximum absolute atomic E-state index is 12.3. The van der Waals surface area contributed by atoms with Crippen molar-refractivity contribution in [2.24, 2.45) is 0 Å². The molecule has 2 aliphatic carbocycles. The van der Waals surface area contributed by atoms with E-state index >= 15 is 0 Å². The van der Waals surface area contributed by atoms with Crippen molar-refractivity contribution in [3.8, 4) is 17.3 Å². The van der Waals surface area contributed by atoms with Gasteiger partial charge in [-0.25, -0.2) is 14.3 Å². The SMILES string of the molecule is N#Cc1ccc([C@H]2C[C@@H]2c2cc(-c3c[nH]c(=O)[nH]c3=O)nn3ccnc23)cc1C1CC1. The van der Waals surface area contributed by atoms with E-state index in [9.17, 15) is 14.9 Å². The largest absolute Gasteiger partial charge is 0.325 e. The lowest BCUT2D eigenvalue weighted by atomic mass is 9.97. The van der Waals surface area contributed by atoms with Crippen LogP contribution < -0.4 is 11.2 Å². The third-order valence-corrected chi connectivity index (χ3v) is 6.31. The lowest BCUT2D eigenvalue weighted by Gasteiger charge is -2.09. The summed E-state index contributed by atoms with van der Waals surface area (Å²) in [6.45, 7) is 0. The van der Waals surface area contributed by atoms with Gasteiger partial charge in [0.15, 0.2) is 5.65 Å². The zero-order valence-corrected chi connectivity index (χ0v) is 16.5. The standard InChI is InChI=1S/C23H18N6O2/c24-10-14-4-3-13(7-15(14)12-1-2-12)16-8-17(16)18-9-20(28-29-6-5-25-21(18)29)19-11-26-23(31)27-22(19)30/h3-7,9,11-12,16-17H,1-2,8H2,(H2,26,27,30,31)/t16-,17+/m1/s1. The Kier molecular flexibility index (Phi) is 3.74. The number of aromatic nitrogens is 5. The smallest absolute Gasteiger partial charge is 0.313 e. The van der Waals surface area contributed by atoms with E-state index in [1.165, 1.54) is 17.3 Å². The normalized spacial score (nSPS) is 20.0. The Morgan fingerprint density at radius 2 is 2.00 bits per heavy atom. The summed E-state index contributed by atoms with van der Waals surface area (Å²) in [4.78, 5) is 32.9. The number of hydrogen-bond acceptors (Lipinski definition) is 5. The lowest BCUT2D eigenvalue weighted by Crippen LogP contribution is -2.23. The number of nitriles is 1. The molecule has 0 bridgehead atoms. The zero-order chi connectivity index (χ0) is 21.1. The maximum atomic E-state index is 12.3. The van der Waals surface area contributed by atoms with Crippen LogP contribution in [0.5, 0.6) is 0 Å². The summed E-state index contributed by atoms with van der Waals surface area (Å²) in [6.07, 6.45) is 8.13. The van der Waals surface area contributed by atoms with Crippen LogP contribution in [0.1, 0.15) is 59.3 Å². The molecule has 2 N–H and O–H groups in total. The summed E-state index contributed by atoms with van der Waals surface area (Å²) in [6, 6.07) is 10.4. The number of hydrogen-bond donors (Lipinski definition) is 2. The number of benzene rings is 1. The molecule has 1 aromatic carbocycles. The Morgan fingerprint density at radius 3 is 2.77 bits per heavy atom. The average molecular weight is 410 g/mol. The molecule has 31 heavy (non-hydrogen) atoms. The molecule has 3 aromatic heterocycles. The van der Waals surface area contributed by atoms with E-state index in [-0.39, 0.29) is 5.92 Å². The summed E-state index contributed by atoms with van der Waals surface area (Å²) < 4.78 is 1.68. The van der Waals surface area contributed by atoms with Gasteiger partial charge in [0, 0.05) is 24.2 Å². The van der Waals surface area contributed by atoms with Gasteiger partial charge in [-0.1, -0.05) is 12.1 Å². The molecule has 0 amide bonds. The Morgan fingerprint density at radius 1 is 1.13 bits per heavy atom. The van der Waals surface area contributed by atoms with Gasteiger partial charge in [-0.15, -0.1) is 0 Å². The van der Waals surface area contributed by atoms with Crippen LogP contribution in [-0.4, -0.2) is 24.6 Å². The fraction of sp³-hybridized carbons (Fsp3) is 0.261. The molecule has 0 radical (unpaired) electrons. The van der Waals surface area contributed by atoms with Crippen molar-refractivity contribution in [2.45, 2.75) is 37.0 Å². The number of aromatic amines is 2. The predicted molar refractivity (Wildman–Crippen MR) is 113 cm³/mol. The average Bonchev–Trinajstić information content (AvgIpc) is 3.69. The molecule has 3 heterocycles. The first kappa shape index (κ1) is 17.8. The van der Waals surface area contributed by atoms with Crippen LogP contribution in [0.25, 0.3) is 16.9 Å². The number of nitrogens with zero attached hydrogens (tertiary/aromatic N) is 4. The summed E-state index contributed by atoms with van der Waals surface area (Å²) in [5, 5.41) is 13.9. The summed E-state index contributed by atoms with van der Waals surface area (Å²) in [5.74, 6) is 1.12. The van der Waals surface area contributed by atoms with E-state index in [0.717, 1.165) is 36.0 Å². The second-order valence-electron chi connectivity index (χ2n) is 8.35. The van der Waals surface area contributed by atoms with E-state index in [0.29, 0.717) is 23.1 Å². The van der Waals surface area contributed by atoms with Gasteiger partial charge in [-0.05, 0) is 60.3 Å². The third-order valence-electron chi connectivity index (χ3n) is 6.31. The Balaban J connectivity index is 1.41. The first-order chi connectivity index (χ1) is 15.1. The van der Waals surface area contributed by atoms with Crippen LogP contribution >= 0.6 is 0 Å². The molecule has 4 aromatic rings. The van der Waals surface area contributed by atoms with Crippen LogP contribution in [0.2, 0.25) is 0 Å². The highest BCUT2D eigenvalue weighted by Gasteiger charge is 2.42. The predicted octanol–water partition coefficient (Wildman–Crippen LogP) is 2.79. The van der Waals surface area contributed by atoms with Crippen molar-refractivity contribution >= 4 is 5.65 Å². The monoisotopic (exact) mass is 410 g/mol. The van der Waals surface area contributed by atoms with Gasteiger partial charge in [-0.2, -0.15) is 10.4 Å². The number of imidazole rings is 1. The van der Waals surface area contributed by atoms with Crippen molar-refractivity contribution < 1.29 is 0 Å². The molecule has 2 fully saturated rings. The Hall–Kier alpha value is -3.99. The fourth-order valence-electron chi connectivity index (χ4n) is 4.50. The van der Waals surface area contributed by atoms with Gasteiger partial charge < -0.3 is 4.98 Å². The highest BCUT2D eigenvalue weighted by atomic mass is 16.2. The number of rotatable bonds is 4. The van der Waals surface area contributed by atoms with Gasteiger partial charge in [0.25, 0.3) is 5.56 Å². The topological polar surface area (TPSA) is 120 Å². The van der Waals surface area contributed by atoms with E-state index in [1.807, 2.05) is 12.1 Å². The van der Waals surface area contributed by atoms with Crippen molar-refractivity contribution in [2.75, 3.05) is 0 Å². The van der Waals surface area contributed by atoms with Crippen LogP contribution in [-0.2, 0) is 0 Å². The molecule has 0 unspecified atom stereocenters. The number of nitrogens with one attached hydrogen (secondary N) is 2. The van der Waals surface area contributed by atoms with Crippen LogP contribution in [0.15, 0.2) is 52.4 Å². The van der Waals surface area contributed by atoms with Gasteiger partial charge in [0.1, 0.15) is 0 Å². The minimum absolute atomic E-state index is 0.258. The van der Waals surface area contributed by atoms with Crippen LogP contribution in [0.4, 0.5) is 0 Å². The second kappa shape index (κ2) is 6.51. The molecule has 2 atom stereocenters. The van der Waals surface area contributed by atoms with E-state index in [2.05, 4.69) is 38.3 Å². The van der Waals surface area contributed by atoms with Crippen molar-refractivity contribution in [3.05, 3.63) is 85.9 Å². The fourth-order valence-corrected chi connectivity index (χ4v) is 4.50. The molecule has 2 saturated carbocycles. The van der Waals surface area contributed by atoms with E-state index < -0.39 is 11.2 Å². The molecule has 2 aliphatic rings. The molecular formula is C23H18N6O2. The maximum Gasteiger partial charge on any atom is 0.325 e. The minimum atomic E-state index is -0.549. The van der Waals surface area contributed by atoms with Crippen molar-refractivity contribution in [1.29, 1.82) is 5.26 Å². The van der Waals surface area contributed by atoms with Crippen LogP contribution in [0, 0.1) is 11.3 Å². The first-order valence-corrected chi connectivity index (χ1v) is 10.3. The van der Waals surface area contributed by atoms with Gasteiger partial charge in [0.05, 0.1) is 22.9 Å². The van der Waals surface area contributed by atoms with E-state index in [4.69, 9.17) is 0 Å². The summed E-state index contributed by atoms with van der Waals surface area (Å²) in [7, 11) is 0. The molecule has 6 rings (SSSR count). The quantitative estimate of drug-likeness (QED) is 0.536. The Bertz CT molecular complexity index is 1500. The zero-order valence-electron chi connectivity index (χ0n) is 16.5. The number of fused-ring (bicyclic) bond motifs is 1. The molecule has 152 valence electrons. The van der Waals surface area contributed by atoms with Crippen LogP contribution in [0.3, 0.4) is 0 Å². The highest BCUT2D eigenvalue weighted by molar-refractivity contribution is 5.63. The molecule has 0 aliphatic heterocycles. The summed E-state index contributed by atoms with van der Waals surface area (Å²) >= 11 is 0. The third kappa shape index (κ3) is 2.97. The first-order valence-electron chi connectivity index (χ1n) is 10.3. The minimum Gasteiger partial charge on any atom is -0.313 e. The van der Waals surface area contributed by atoms with Gasteiger partial charge in [0.2, 0.25) is 0 Å². The van der Waals surface area contributed by atoms with E-state index in [1.54, 1.807) is 16.9 Å². The lowest BCUT2D eigenvalue weighted by molar-refractivity contribution is 0.905.